The van der Waals surface area contributed by atoms with Gasteiger partial charge < -0.3 is 10.1 Å². The van der Waals surface area contributed by atoms with E-state index in [0.717, 1.165) is 21.2 Å². The minimum Gasteiger partial charge on any atom is -0.487 e. The van der Waals surface area contributed by atoms with Gasteiger partial charge in [-0.15, -0.1) is 11.3 Å². The zero-order valence-electron chi connectivity index (χ0n) is 12.4. The van der Waals surface area contributed by atoms with Crippen molar-refractivity contribution in [3.63, 3.8) is 0 Å². The van der Waals surface area contributed by atoms with Gasteiger partial charge in [-0.1, -0.05) is 6.07 Å². The van der Waals surface area contributed by atoms with Crippen molar-refractivity contribution >= 4 is 43.2 Å². The molecule has 0 spiro atoms. The third kappa shape index (κ3) is 5.40. The highest BCUT2D eigenvalue weighted by Gasteiger charge is 2.10. The lowest BCUT2D eigenvalue weighted by atomic mass is 10.1. The van der Waals surface area contributed by atoms with Crippen LogP contribution in [0, 0.1) is 0 Å². The van der Waals surface area contributed by atoms with E-state index in [9.17, 15) is 0 Å². The Morgan fingerprint density at radius 2 is 1.90 bits per heavy atom. The van der Waals surface area contributed by atoms with Gasteiger partial charge in [0.05, 0.1) is 9.35 Å². The Bertz CT molecular complexity index is 605. The number of ether oxygens (including phenoxy) is 1. The van der Waals surface area contributed by atoms with Crippen molar-refractivity contribution in [2.24, 2.45) is 0 Å². The molecule has 0 bridgehead atoms. The van der Waals surface area contributed by atoms with Gasteiger partial charge in [-0.2, -0.15) is 0 Å². The molecule has 0 fully saturated rings. The third-order valence-corrected chi connectivity index (χ3v) is 5.39. The molecule has 1 aromatic carbocycles. The van der Waals surface area contributed by atoms with Crippen molar-refractivity contribution in [1.82, 2.24) is 5.32 Å². The van der Waals surface area contributed by atoms with Crippen molar-refractivity contribution in [3.05, 3.63) is 49.0 Å². The molecule has 2 rings (SSSR count). The molecule has 0 saturated carbocycles. The number of nitrogens with one attached hydrogen (secondary N) is 1. The highest BCUT2D eigenvalue weighted by molar-refractivity contribution is 9.10. The minimum absolute atomic E-state index is 0.118. The second kappa shape index (κ2) is 7.27. The topological polar surface area (TPSA) is 21.3 Å². The Morgan fingerprint density at radius 3 is 2.48 bits per heavy atom. The molecular formula is C16H19Br2NOS. The van der Waals surface area contributed by atoms with Crippen molar-refractivity contribution in [2.45, 2.75) is 39.5 Å². The normalized spacial score (nSPS) is 11.7. The van der Waals surface area contributed by atoms with Crippen molar-refractivity contribution in [1.29, 1.82) is 0 Å². The Labute approximate surface area is 147 Å². The van der Waals surface area contributed by atoms with Crippen LogP contribution in [0.15, 0.2) is 38.6 Å². The molecule has 1 heterocycles. The van der Waals surface area contributed by atoms with Gasteiger partial charge >= 0.3 is 0 Å². The molecule has 0 saturated heterocycles. The molecule has 114 valence electrons. The van der Waals surface area contributed by atoms with Crippen LogP contribution >= 0.6 is 43.2 Å². The number of hydrogen-bond acceptors (Lipinski definition) is 3. The van der Waals surface area contributed by atoms with Crippen LogP contribution in [0.4, 0.5) is 0 Å². The fraction of sp³-hybridized carbons (Fsp3) is 0.375. The monoisotopic (exact) mass is 431 g/mol. The highest BCUT2D eigenvalue weighted by atomic mass is 79.9. The second-order valence-electron chi connectivity index (χ2n) is 5.85. The Kier molecular flexibility index (Phi) is 5.88. The first-order valence-electron chi connectivity index (χ1n) is 6.73. The summed E-state index contributed by atoms with van der Waals surface area (Å²) in [4.78, 5) is 1.19. The van der Waals surface area contributed by atoms with Gasteiger partial charge in [-0.05, 0) is 81.8 Å². The standard InChI is InChI=1S/C16H19Br2NOS/c1-16(2,3)19-9-11-4-5-14(13(18)8-11)20-10-15-12(17)6-7-21-15/h4-8,19H,9-10H2,1-3H3. The molecule has 0 aliphatic carbocycles. The van der Waals surface area contributed by atoms with E-state index >= 15 is 0 Å². The molecule has 21 heavy (non-hydrogen) atoms. The molecule has 2 nitrogen and oxygen atoms in total. The Morgan fingerprint density at radius 1 is 1.14 bits per heavy atom. The fourth-order valence-corrected chi connectivity index (χ4v) is 3.63. The summed E-state index contributed by atoms with van der Waals surface area (Å²) in [6.45, 7) is 7.92. The molecule has 0 atom stereocenters. The van der Waals surface area contributed by atoms with Crippen LogP contribution in [-0.2, 0) is 13.2 Å². The lowest BCUT2D eigenvalue weighted by Gasteiger charge is -2.20. The summed E-state index contributed by atoms with van der Waals surface area (Å²) < 4.78 is 7.97. The van der Waals surface area contributed by atoms with Crippen molar-refractivity contribution < 1.29 is 4.74 Å². The lowest BCUT2D eigenvalue weighted by Crippen LogP contribution is -2.35. The van der Waals surface area contributed by atoms with Gasteiger partial charge in [0.1, 0.15) is 12.4 Å². The maximum atomic E-state index is 5.88. The number of thiophene rings is 1. The number of hydrogen-bond donors (Lipinski definition) is 1. The van der Waals surface area contributed by atoms with E-state index in [1.54, 1.807) is 11.3 Å². The van der Waals surface area contributed by atoms with E-state index < -0.39 is 0 Å². The molecule has 0 aliphatic rings. The van der Waals surface area contributed by atoms with Gasteiger partial charge in [-0.3, -0.25) is 0 Å². The number of benzene rings is 1. The number of halogens is 2. The second-order valence-corrected chi connectivity index (χ2v) is 8.56. The van der Waals surface area contributed by atoms with Crippen LogP contribution in [0.25, 0.3) is 0 Å². The largest absolute Gasteiger partial charge is 0.487 e. The third-order valence-electron chi connectivity index (χ3n) is 2.87. The average Bonchev–Trinajstić information content (AvgIpc) is 2.80. The predicted octanol–water partition coefficient (Wildman–Crippen LogP) is 5.74. The molecule has 1 N–H and O–H groups in total. The van der Waals surface area contributed by atoms with E-state index in [2.05, 4.69) is 75.5 Å². The molecule has 0 radical (unpaired) electrons. The molecule has 5 heteroatoms. The molecule has 0 aliphatic heterocycles. The zero-order chi connectivity index (χ0) is 15.5. The van der Waals surface area contributed by atoms with E-state index in [1.165, 1.54) is 10.4 Å². The zero-order valence-corrected chi connectivity index (χ0v) is 16.4. The van der Waals surface area contributed by atoms with Gasteiger partial charge in [0, 0.05) is 16.6 Å². The van der Waals surface area contributed by atoms with E-state index in [0.29, 0.717) is 6.61 Å². The van der Waals surface area contributed by atoms with Crippen LogP contribution in [0.3, 0.4) is 0 Å². The van der Waals surface area contributed by atoms with E-state index in [1.807, 2.05) is 12.1 Å². The first-order chi connectivity index (χ1) is 9.85. The highest BCUT2D eigenvalue weighted by Crippen LogP contribution is 2.29. The summed E-state index contributed by atoms with van der Waals surface area (Å²) >= 11 is 8.80. The predicted molar refractivity (Wildman–Crippen MR) is 97.1 cm³/mol. The summed E-state index contributed by atoms with van der Waals surface area (Å²) in [5.74, 6) is 0.870. The van der Waals surface area contributed by atoms with Crippen molar-refractivity contribution in [3.8, 4) is 5.75 Å². The molecule has 2 aromatic rings. The quantitative estimate of drug-likeness (QED) is 0.650. The van der Waals surface area contributed by atoms with Gasteiger partial charge in [-0.25, -0.2) is 0 Å². The summed E-state index contributed by atoms with van der Waals surface area (Å²) in [5, 5.41) is 5.54. The lowest BCUT2D eigenvalue weighted by molar-refractivity contribution is 0.307. The van der Waals surface area contributed by atoms with Crippen LogP contribution in [-0.4, -0.2) is 5.54 Å². The summed E-state index contributed by atoms with van der Waals surface area (Å²) in [6.07, 6.45) is 0. The summed E-state index contributed by atoms with van der Waals surface area (Å²) in [6, 6.07) is 8.27. The smallest absolute Gasteiger partial charge is 0.134 e. The molecule has 1 aromatic heterocycles. The molecule has 0 amide bonds. The SMILES string of the molecule is CC(C)(C)NCc1ccc(OCc2sccc2Br)c(Br)c1. The van der Waals surface area contributed by atoms with Crippen molar-refractivity contribution in [2.75, 3.05) is 0 Å². The Balaban J connectivity index is 1.97. The summed E-state index contributed by atoms with van der Waals surface area (Å²) in [7, 11) is 0. The van der Waals surface area contributed by atoms with Crippen LogP contribution in [0.1, 0.15) is 31.2 Å². The van der Waals surface area contributed by atoms with Crippen LogP contribution in [0.2, 0.25) is 0 Å². The number of rotatable bonds is 5. The Hall–Kier alpha value is -0.360. The van der Waals surface area contributed by atoms with E-state index in [-0.39, 0.29) is 5.54 Å². The maximum Gasteiger partial charge on any atom is 0.134 e. The average molecular weight is 433 g/mol. The first kappa shape index (κ1) is 17.0. The fourth-order valence-electron chi connectivity index (χ4n) is 1.71. The van der Waals surface area contributed by atoms with E-state index in [4.69, 9.17) is 4.74 Å². The van der Waals surface area contributed by atoms with Crippen LogP contribution < -0.4 is 10.1 Å². The van der Waals surface area contributed by atoms with Gasteiger partial charge in [0.15, 0.2) is 0 Å². The summed E-state index contributed by atoms with van der Waals surface area (Å²) in [5.41, 5.74) is 1.36. The molecular weight excluding hydrogens is 414 g/mol. The molecule has 0 unspecified atom stereocenters. The maximum absolute atomic E-state index is 5.88. The van der Waals surface area contributed by atoms with Gasteiger partial charge in [0.2, 0.25) is 0 Å². The first-order valence-corrected chi connectivity index (χ1v) is 9.20. The van der Waals surface area contributed by atoms with Crippen LogP contribution in [0.5, 0.6) is 5.75 Å². The minimum atomic E-state index is 0.118. The van der Waals surface area contributed by atoms with Gasteiger partial charge in [0.25, 0.3) is 0 Å².